The zero-order valence-electron chi connectivity index (χ0n) is 13.8. The van der Waals surface area contributed by atoms with Crippen molar-refractivity contribution in [2.24, 2.45) is 0 Å². The minimum Gasteiger partial charge on any atom is -0.0616 e. The number of hydrogen-bond acceptors (Lipinski definition) is 0. The first kappa shape index (κ1) is 16.0. The molecule has 0 atom stereocenters. The van der Waals surface area contributed by atoms with Crippen molar-refractivity contribution in [2.75, 3.05) is 0 Å². The van der Waals surface area contributed by atoms with E-state index in [1.807, 2.05) is 0 Å². The van der Waals surface area contributed by atoms with E-state index in [-0.39, 0.29) is 0 Å². The zero-order valence-corrected chi connectivity index (χ0v) is 17.0. The van der Waals surface area contributed by atoms with Crippen molar-refractivity contribution in [3.05, 3.63) is 93.9 Å². The van der Waals surface area contributed by atoms with Gasteiger partial charge in [0, 0.05) is 20.1 Å². The predicted octanol–water partition coefficient (Wildman–Crippen LogP) is 8.19. The molecule has 1 aliphatic rings. The molecule has 0 heterocycles. The summed E-state index contributed by atoms with van der Waals surface area (Å²) < 4.78 is 2.22. The first-order chi connectivity index (χ1) is 12.8. The molecule has 2 heteroatoms. The van der Waals surface area contributed by atoms with Crippen molar-refractivity contribution in [2.45, 2.75) is 0 Å². The third-order valence-corrected chi connectivity index (χ3v) is 6.33. The number of fused-ring (bicyclic) bond motifs is 8. The van der Waals surface area contributed by atoms with Gasteiger partial charge >= 0.3 is 0 Å². The van der Waals surface area contributed by atoms with E-state index in [2.05, 4.69) is 117 Å². The summed E-state index contributed by atoms with van der Waals surface area (Å²) in [6.07, 6.45) is 0. The molecular weight excluding hydrogens is 448 g/mol. The summed E-state index contributed by atoms with van der Waals surface area (Å²) >= 11 is 7.63. The van der Waals surface area contributed by atoms with Gasteiger partial charge in [-0.25, -0.2) is 0 Å². The molecule has 0 nitrogen and oxygen atoms in total. The van der Waals surface area contributed by atoms with Crippen LogP contribution in [0.2, 0.25) is 0 Å². The van der Waals surface area contributed by atoms with Crippen LogP contribution in [0.4, 0.5) is 0 Å². The highest BCUT2D eigenvalue weighted by Crippen LogP contribution is 2.51. The smallest absolute Gasteiger partial charge is 0.0261 e. The summed E-state index contributed by atoms with van der Waals surface area (Å²) in [5.74, 6) is 0. The lowest BCUT2D eigenvalue weighted by molar-refractivity contribution is 1.49. The van der Waals surface area contributed by atoms with Gasteiger partial charge in [0.05, 0.1) is 0 Å². The lowest BCUT2D eigenvalue weighted by Crippen LogP contribution is -1.98. The summed E-state index contributed by atoms with van der Waals surface area (Å²) in [6, 6.07) is 30.3. The molecule has 0 spiro atoms. The maximum Gasteiger partial charge on any atom is 0.0261 e. The minimum absolute atomic E-state index is 1.11. The Kier molecular flexibility index (Phi) is 3.84. The molecule has 4 aromatic rings. The second-order valence-electron chi connectivity index (χ2n) is 6.42. The lowest BCUT2D eigenvalue weighted by atomic mass is 9.81. The standard InChI is InChI=1S/C24H14Br2/c25-21-13-14-22(26)24-20-12-6-4-10-18(20)16-8-2-1-7-15(16)17-9-3-5-11-19(17)23(21)24/h1-14H. The van der Waals surface area contributed by atoms with Crippen LogP contribution in [0.5, 0.6) is 0 Å². The van der Waals surface area contributed by atoms with Crippen molar-refractivity contribution in [3.63, 3.8) is 0 Å². The Labute approximate surface area is 169 Å². The van der Waals surface area contributed by atoms with Crippen LogP contribution in [-0.4, -0.2) is 0 Å². The fourth-order valence-corrected chi connectivity index (χ4v) is 4.99. The molecule has 124 valence electrons. The fraction of sp³-hybridized carbons (Fsp3) is 0. The molecule has 4 aromatic carbocycles. The molecule has 0 saturated carbocycles. The fourth-order valence-electron chi connectivity index (χ4n) is 3.90. The Morgan fingerprint density at radius 2 is 0.615 bits per heavy atom. The van der Waals surface area contributed by atoms with Gasteiger partial charge in [0.15, 0.2) is 0 Å². The second-order valence-corrected chi connectivity index (χ2v) is 8.12. The molecule has 0 radical (unpaired) electrons. The summed E-state index contributed by atoms with van der Waals surface area (Å²) in [5.41, 5.74) is 10.0. The maximum absolute atomic E-state index is 3.82. The minimum atomic E-state index is 1.11. The van der Waals surface area contributed by atoms with Gasteiger partial charge in [-0.1, -0.05) is 105 Å². The zero-order chi connectivity index (χ0) is 17.7. The number of halogens is 2. The number of benzene rings is 4. The van der Waals surface area contributed by atoms with Gasteiger partial charge in [0.1, 0.15) is 0 Å². The van der Waals surface area contributed by atoms with E-state index in [0.717, 1.165) is 8.95 Å². The average molecular weight is 462 g/mol. The van der Waals surface area contributed by atoms with Crippen LogP contribution < -0.4 is 0 Å². The van der Waals surface area contributed by atoms with Crippen LogP contribution in [0.1, 0.15) is 0 Å². The van der Waals surface area contributed by atoms with E-state index >= 15 is 0 Å². The normalized spacial score (nSPS) is 11.5. The van der Waals surface area contributed by atoms with Crippen molar-refractivity contribution in [1.29, 1.82) is 0 Å². The molecule has 5 rings (SSSR count). The quantitative estimate of drug-likeness (QED) is 0.218. The number of rotatable bonds is 0. The van der Waals surface area contributed by atoms with Gasteiger partial charge in [0.2, 0.25) is 0 Å². The summed E-state index contributed by atoms with van der Waals surface area (Å²) in [7, 11) is 0. The summed E-state index contributed by atoms with van der Waals surface area (Å²) in [4.78, 5) is 0. The topological polar surface area (TPSA) is 0 Å². The highest BCUT2D eigenvalue weighted by molar-refractivity contribution is 9.11. The molecule has 1 aliphatic carbocycles. The van der Waals surface area contributed by atoms with Gasteiger partial charge in [-0.2, -0.15) is 0 Å². The highest BCUT2D eigenvalue weighted by Gasteiger charge is 2.24. The van der Waals surface area contributed by atoms with Gasteiger partial charge in [-0.3, -0.25) is 0 Å². The largest absolute Gasteiger partial charge is 0.0616 e. The molecule has 0 fully saturated rings. The van der Waals surface area contributed by atoms with E-state index < -0.39 is 0 Å². The lowest BCUT2D eigenvalue weighted by Gasteiger charge is -2.24. The van der Waals surface area contributed by atoms with Gasteiger partial charge < -0.3 is 0 Å². The van der Waals surface area contributed by atoms with Crippen LogP contribution in [-0.2, 0) is 0 Å². The van der Waals surface area contributed by atoms with E-state index in [9.17, 15) is 0 Å². The second kappa shape index (κ2) is 6.22. The third kappa shape index (κ3) is 2.33. The summed E-state index contributed by atoms with van der Waals surface area (Å²) in [5, 5.41) is 0. The van der Waals surface area contributed by atoms with Gasteiger partial charge in [0.25, 0.3) is 0 Å². The molecule has 0 N–H and O–H groups in total. The third-order valence-electron chi connectivity index (χ3n) is 5.00. The molecule has 0 amide bonds. The molecular formula is C24H14Br2. The Morgan fingerprint density at radius 3 is 0.962 bits per heavy atom. The Balaban J connectivity index is 2.06. The molecule has 0 unspecified atom stereocenters. The molecule has 26 heavy (non-hydrogen) atoms. The average Bonchev–Trinajstić information content (AvgIpc) is 2.68. The van der Waals surface area contributed by atoms with E-state index in [4.69, 9.17) is 0 Å². The Morgan fingerprint density at radius 1 is 0.346 bits per heavy atom. The Hall–Kier alpha value is -2.16. The first-order valence-electron chi connectivity index (χ1n) is 8.52. The van der Waals surface area contributed by atoms with Crippen LogP contribution in [0, 0.1) is 0 Å². The SMILES string of the molecule is Brc1ccc(Br)c2c1-c1ccccc1-c1ccccc1-c1ccccc1-2. The van der Waals surface area contributed by atoms with Crippen molar-refractivity contribution in [1.82, 2.24) is 0 Å². The molecule has 0 aromatic heterocycles. The van der Waals surface area contributed by atoms with Crippen molar-refractivity contribution < 1.29 is 0 Å². The van der Waals surface area contributed by atoms with Crippen LogP contribution in [0.25, 0.3) is 44.5 Å². The van der Waals surface area contributed by atoms with E-state index in [1.54, 1.807) is 0 Å². The van der Waals surface area contributed by atoms with Crippen molar-refractivity contribution in [3.8, 4) is 44.5 Å². The van der Waals surface area contributed by atoms with Gasteiger partial charge in [-0.15, -0.1) is 0 Å². The number of hydrogen-bond donors (Lipinski definition) is 0. The van der Waals surface area contributed by atoms with Crippen LogP contribution in [0.3, 0.4) is 0 Å². The highest BCUT2D eigenvalue weighted by atomic mass is 79.9. The molecule has 0 bridgehead atoms. The van der Waals surface area contributed by atoms with E-state index in [1.165, 1.54) is 44.5 Å². The summed E-state index contributed by atoms with van der Waals surface area (Å²) in [6.45, 7) is 0. The first-order valence-corrected chi connectivity index (χ1v) is 10.1. The predicted molar refractivity (Wildman–Crippen MR) is 117 cm³/mol. The van der Waals surface area contributed by atoms with Gasteiger partial charge in [-0.05, 0) is 45.5 Å². The Bertz CT molecular complexity index is 1070. The maximum atomic E-state index is 3.82. The molecule has 0 aliphatic heterocycles. The monoisotopic (exact) mass is 460 g/mol. The van der Waals surface area contributed by atoms with Crippen LogP contribution in [0.15, 0.2) is 93.9 Å². The van der Waals surface area contributed by atoms with Crippen molar-refractivity contribution >= 4 is 31.9 Å². The van der Waals surface area contributed by atoms with Crippen LogP contribution >= 0.6 is 31.9 Å². The van der Waals surface area contributed by atoms with E-state index in [0.29, 0.717) is 0 Å². The molecule has 0 saturated heterocycles.